The number of aliphatic hydroxyl groups excluding tert-OH is 1. The van der Waals surface area contributed by atoms with Crippen LogP contribution in [0.25, 0.3) is 0 Å². The molecule has 1 saturated heterocycles. The van der Waals surface area contributed by atoms with Gasteiger partial charge in [-0.25, -0.2) is 4.39 Å². The molecule has 10 heteroatoms. The van der Waals surface area contributed by atoms with Gasteiger partial charge in [0.2, 0.25) is 0 Å². The van der Waals surface area contributed by atoms with Crippen molar-refractivity contribution in [3.63, 3.8) is 0 Å². The zero-order chi connectivity index (χ0) is 25.6. The van der Waals surface area contributed by atoms with Crippen LogP contribution in [0.15, 0.2) is 22.7 Å². The highest BCUT2D eigenvalue weighted by atomic mass is 19.1. The maximum atomic E-state index is 16.2. The lowest BCUT2D eigenvalue weighted by Gasteiger charge is -2.43. The molecule has 0 spiro atoms. The molecule has 3 aliphatic carbocycles. The molecule has 0 radical (unpaired) electrons. The smallest absolute Gasteiger partial charge is 0.255 e. The van der Waals surface area contributed by atoms with Crippen molar-refractivity contribution in [1.29, 1.82) is 0 Å². The van der Waals surface area contributed by atoms with Crippen LogP contribution < -0.4 is 11.1 Å². The van der Waals surface area contributed by atoms with Gasteiger partial charge in [-0.3, -0.25) is 19.3 Å². The second-order valence-corrected chi connectivity index (χ2v) is 10.6. The van der Waals surface area contributed by atoms with E-state index in [0.717, 1.165) is 13.0 Å². The van der Waals surface area contributed by atoms with Crippen LogP contribution in [0.4, 0.5) is 10.1 Å². The number of hydrogen-bond acceptors (Lipinski definition) is 8. The van der Waals surface area contributed by atoms with Crippen molar-refractivity contribution in [1.82, 2.24) is 4.90 Å². The van der Waals surface area contributed by atoms with Crippen molar-refractivity contribution in [3.05, 3.63) is 45.2 Å². The first kappa shape index (κ1) is 23.0. The minimum Gasteiger partial charge on any atom is -0.511 e. The number of aromatic hydroxyl groups is 1. The van der Waals surface area contributed by atoms with E-state index in [1.54, 1.807) is 0 Å². The van der Waals surface area contributed by atoms with E-state index < -0.39 is 52.4 Å². The molecular weight excluding hydrogens is 469 g/mol. The first-order chi connectivity index (χ1) is 17.1. The van der Waals surface area contributed by atoms with Gasteiger partial charge in [-0.1, -0.05) is 0 Å². The first-order valence-corrected chi connectivity index (χ1v) is 12.3. The number of carbonyl (C=O) groups is 3. The molecule has 190 valence electrons. The van der Waals surface area contributed by atoms with E-state index in [0.29, 0.717) is 18.5 Å². The number of amides is 1. The summed E-state index contributed by atoms with van der Waals surface area (Å²) in [5.74, 6) is -4.83. The molecule has 5 N–H and O–H groups in total. The average molecular weight is 498 g/mol. The van der Waals surface area contributed by atoms with Crippen molar-refractivity contribution in [2.45, 2.75) is 31.7 Å². The lowest BCUT2D eigenvalue weighted by Crippen LogP contribution is -2.42. The number of carbonyl (C=O) groups excluding carboxylic acids is 3. The monoisotopic (exact) mass is 497 g/mol. The number of rotatable bonds is 2. The summed E-state index contributed by atoms with van der Waals surface area (Å²) < 4.78 is 21.8. The molecule has 1 amide bonds. The number of nitrogens with zero attached hydrogens (tertiary/aromatic N) is 1. The molecule has 9 nitrogen and oxygen atoms in total. The average Bonchev–Trinajstić information content (AvgIpc) is 3.21. The molecule has 1 aromatic carbocycles. The van der Waals surface area contributed by atoms with E-state index in [1.807, 2.05) is 7.05 Å². The number of halogens is 1. The van der Waals surface area contributed by atoms with E-state index in [2.05, 4.69) is 10.2 Å². The van der Waals surface area contributed by atoms with Gasteiger partial charge in [-0.2, -0.15) is 0 Å². The number of aliphatic hydroxyl groups is 1. The molecular formula is C26H28FN3O6. The number of benzene rings is 1. The summed E-state index contributed by atoms with van der Waals surface area (Å²) in [6.45, 7) is 1.39. The van der Waals surface area contributed by atoms with E-state index in [-0.39, 0.29) is 58.7 Å². The molecule has 0 bridgehead atoms. The van der Waals surface area contributed by atoms with Gasteiger partial charge in [-0.15, -0.1) is 0 Å². The van der Waals surface area contributed by atoms with Gasteiger partial charge in [-0.05, 0) is 50.6 Å². The number of methoxy groups -OCH3 is 1. The van der Waals surface area contributed by atoms with Crippen LogP contribution in [-0.2, 0) is 20.7 Å². The molecule has 5 aliphatic rings. The summed E-state index contributed by atoms with van der Waals surface area (Å²) in [5, 5.41) is 25.3. The number of ketones is 2. The fourth-order valence-corrected chi connectivity index (χ4v) is 7.35. The number of ether oxygens (including phenoxy) is 1. The Morgan fingerprint density at radius 2 is 1.97 bits per heavy atom. The quantitative estimate of drug-likeness (QED) is 0.360. The number of anilines is 1. The SMILES string of the molecule is COC1=C2C(=O)c3c(O)c4c(c(F)c3CC2CC2CC(=O)C(C(N)=O)=C(O)C12)C1C(CCN1C)CN4. The van der Waals surface area contributed by atoms with E-state index in [9.17, 15) is 24.6 Å². The highest BCUT2D eigenvalue weighted by Crippen LogP contribution is 2.55. The Morgan fingerprint density at radius 1 is 1.22 bits per heavy atom. The lowest BCUT2D eigenvalue weighted by molar-refractivity contribution is -0.123. The number of primary amides is 1. The van der Waals surface area contributed by atoms with Crippen molar-refractivity contribution < 1.29 is 33.7 Å². The third-order valence-electron chi connectivity index (χ3n) is 8.84. The van der Waals surface area contributed by atoms with E-state index in [4.69, 9.17) is 10.5 Å². The summed E-state index contributed by atoms with van der Waals surface area (Å²) in [6, 6.07) is -0.181. The van der Waals surface area contributed by atoms with E-state index in [1.165, 1.54) is 7.11 Å². The predicted molar refractivity (Wildman–Crippen MR) is 126 cm³/mol. The number of nitrogens with two attached hydrogens (primary N) is 1. The molecule has 0 saturated carbocycles. The summed E-state index contributed by atoms with van der Waals surface area (Å²) in [6.07, 6.45) is 1.35. The second-order valence-electron chi connectivity index (χ2n) is 10.6. The number of allylic oxidation sites excluding steroid dienone is 1. The number of likely N-dealkylation sites (tertiary alicyclic amines) is 1. The van der Waals surface area contributed by atoms with Gasteiger partial charge >= 0.3 is 0 Å². The minimum atomic E-state index is -1.04. The Hall–Kier alpha value is -3.40. The van der Waals surface area contributed by atoms with Gasteiger partial charge in [0.25, 0.3) is 5.91 Å². The van der Waals surface area contributed by atoms with Crippen LogP contribution in [0.3, 0.4) is 0 Å². The molecule has 1 aromatic rings. The Bertz CT molecular complexity index is 1320. The third kappa shape index (κ3) is 2.87. The summed E-state index contributed by atoms with van der Waals surface area (Å²) in [7, 11) is 3.29. The second kappa shape index (κ2) is 7.80. The fraction of sp³-hybridized carbons (Fsp3) is 0.500. The molecule has 36 heavy (non-hydrogen) atoms. The van der Waals surface area contributed by atoms with Crippen LogP contribution in [0, 0.1) is 29.5 Å². The van der Waals surface area contributed by atoms with Crippen molar-refractivity contribution in [2.24, 2.45) is 29.4 Å². The van der Waals surface area contributed by atoms with Crippen molar-refractivity contribution in [3.8, 4) is 5.75 Å². The predicted octanol–water partition coefficient (Wildman–Crippen LogP) is 2.11. The van der Waals surface area contributed by atoms with Crippen LogP contribution in [0.5, 0.6) is 5.75 Å². The van der Waals surface area contributed by atoms with Crippen LogP contribution >= 0.6 is 0 Å². The lowest BCUT2D eigenvalue weighted by atomic mass is 9.62. The van der Waals surface area contributed by atoms with Gasteiger partial charge in [0.1, 0.15) is 22.9 Å². The number of fused-ring (bicyclic) bond motifs is 6. The topological polar surface area (TPSA) is 142 Å². The summed E-state index contributed by atoms with van der Waals surface area (Å²) in [4.78, 5) is 40.4. The third-order valence-corrected chi connectivity index (χ3v) is 8.84. The number of phenolic OH excluding ortho intramolecular Hbond substituents is 1. The van der Waals surface area contributed by atoms with Gasteiger partial charge in [0.15, 0.2) is 17.3 Å². The van der Waals surface area contributed by atoms with Crippen LogP contribution in [0.1, 0.15) is 46.8 Å². The zero-order valence-corrected chi connectivity index (χ0v) is 20.1. The Labute approximate surface area is 206 Å². The maximum Gasteiger partial charge on any atom is 0.255 e. The fourth-order valence-electron chi connectivity index (χ4n) is 7.35. The van der Waals surface area contributed by atoms with Gasteiger partial charge in [0, 0.05) is 35.7 Å². The van der Waals surface area contributed by atoms with Crippen LogP contribution in [-0.4, -0.2) is 59.8 Å². The largest absolute Gasteiger partial charge is 0.511 e. The normalized spacial score (nSPS) is 31.2. The number of hydrogen-bond donors (Lipinski definition) is 4. The van der Waals surface area contributed by atoms with Crippen LogP contribution in [0.2, 0.25) is 0 Å². The molecule has 6 rings (SSSR count). The minimum absolute atomic E-state index is 0.0406. The molecule has 2 aliphatic heterocycles. The highest BCUT2D eigenvalue weighted by Gasteiger charge is 2.51. The van der Waals surface area contributed by atoms with Gasteiger partial charge < -0.3 is 26.0 Å². The number of phenols is 1. The number of Topliss-reactive ketones (excluding diaryl/α,β-unsaturated/α-hetero) is 2. The van der Waals surface area contributed by atoms with Crippen molar-refractivity contribution in [2.75, 3.05) is 32.6 Å². The molecule has 5 unspecified atom stereocenters. The molecule has 1 fully saturated rings. The van der Waals surface area contributed by atoms with Crippen molar-refractivity contribution >= 4 is 23.2 Å². The Morgan fingerprint density at radius 3 is 2.67 bits per heavy atom. The molecule has 2 heterocycles. The summed E-state index contributed by atoms with van der Waals surface area (Å²) in [5.41, 5.74) is 5.84. The Kier molecular flexibility index (Phi) is 4.99. The highest BCUT2D eigenvalue weighted by molar-refractivity contribution is 6.20. The number of nitrogens with one attached hydrogen (secondary N) is 1. The maximum absolute atomic E-state index is 16.2. The van der Waals surface area contributed by atoms with E-state index >= 15 is 4.39 Å². The molecule has 5 atom stereocenters. The van der Waals surface area contributed by atoms with Gasteiger partial charge in [0.05, 0.1) is 24.3 Å². The zero-order valence-electron chi connectivity index (χ0n) is 20.1. The standard InChI is InChI=1S/C26H28FN3O6/c1-30-4-3-9-8-29-20-18(21(9)30)19(27)12-6-10-5-11-7-13(31)17(26(28)35)23(33)15(11)25(36-2)14(10)22(32)16(12)24(20)34/h9-11,15,21,29,33-34H,3-8H2,1-2H3,(H2,28,35). The molecule has 0 aromatic heterocycles. The first-order valence-electron chi connectivity index (χ1n) is 12.3. The summed E-state index contributed by atoms with van der Waals surface area (Å²) >= 11 is 0. The Balaban J connectivity index is 1.54.